The Morgan fingerprint density at radius 2 is 1.73 bits per heavy atom. The van der Waals surface area contributed by atoms with Gasteiger partial charge in [-0.05, 0) is 35.4 Å². The number of rotatable bonds is 3. The molecule has 30 heavy (non-hydrogen) atoms. The lowest BCUT2D eigenvalue weighted by atomic mass is 9.71. The molecule has 0 unspecified atom stereocenters. The summed E-state index contributed by atoms with van der Waals surface area (Å²) in [6.07, 6.45) is -0.143. The monoisotopic (exact) mass is 467 g/mol. The van der Waals surface area contributed by atoms with Crippen molar-refractivity contribution < 1.29 is 24.9 Å². The molecule has 5 atom stereocenters. The topological polar surface area (TPSA) is 99.9 Å². The minimum absolute atomic E-state index is 0.144. The molecule has 0 amide bonds. The number of aliphatic hydroxyl groups excluding tert-OH is 1. The third-order valence-corrected chi connectivity index (χ3v) is 6.78. The molecule has 2 heterocycles. The van der Waals surface area contributed by atoms with E-state index in [1.54, 1.807) is 60.7 Å². The van der Waals surface area contributed by atoms with Gasteiger partial charge in [-0.3, -0.25) is 9.78 Å². The smallest absolute Gasteiger partial charge is 0.310 e. The molecule has 6 nitrogen and oxygen atoms in total. The summed E-state index contributed by atoms with van der Waals surface area (Å²) in [4.78, 5) is 16.7. The first-order valence-corrected chi connectivity index (χ1v) is 10.3. The highest BCUT2D eigenvalue weighted by atomic mass is 79.9. The summed E-state index contributed by atoms with van der Waals surface area (Å²) in [6, 6.07) is 19.5. The fourth-order valence-corrected chi connectivity index (χ4v) is 5.34. The van der Waals surface area contributed by atoms with E-state index in [9.17, 15) is 20.1 Å². The molecule has 1 aliphatic carbocycles. The molecule has 2 aliphatic rings. The number of hydrogen-bond acceptors (Lipinski definition) is 5. The molecule has 3 aromatic rings. The molecular weight excluding hydrogens is 450 g/mol. The van der Waals surface area contributed by atoms with E-state index in [-0.39, 0.29) is 5.69 Å². The number of nitrogens with zero attached hydrogens (tertiary/aromatic N) is 1. The molecule has 1 aromatic heterocycles. The maximum absolute atomic E-state index is 12.4. The number of aliphatic carboxylic acids is 1. The summed E-state index contributed by atoms with van der Waals surface area (Å²) in [5.74, 6) is -3.06. The summed E-state index contributed by atoms with van der Waals surface area (Å²) in [7, 11) is 0. The van der Waals surface area contributed by atoms with Crippen molar-refractivity contribution in [3.05, 3.63) is 94.2 Å². The van der Waals surface area contributed by atoms with Crippen molar-refractivity contribution in [3.8, 4) is 5.75 Å². The lowest BCUT2D eigenvalue weighted by Crippen LogP contribution is -2.52. The molecular formula is C23H18BrNO5. The fourth-order valence-electron chi connectivity index (χ4n) is 5.08. The zero-order chi connectivity index (χ0) is 21.1. The lowest BCUT2D eigenvalue weighted by Gasteiger charge is -2.40. The number of halogens is 1. The molecule has 1 fully saturated rings. The Labute approximate surface area is 180 Å². The van der Waals surface area contributed by atoms with Gasteiger partial charge in [0.05, 0.1) is 5.92 Å². The molecule has 7 heteroatoms. The normalized spacial score (nSPS) is 31.6. The highest BCUT2D eigenvalue weighted by Crippen LogP contribution is 2.67. The van der Waals surface area contributed by atoms with Crippen molar-refractivity contribution in [3.63, 3.8) is 0 Å². The summed E-state index contributed by atoms with van der Waals surface area (Å²) in [5.41, 5.74) is -2.28. The maximum Gasteiger partial charge on any atom is 0.310 e. The van der Waals surface area contributed by atoms with E-state index in [0.717, 1.165) is 4.47 Å². The van der Waals surface area contributed by atoms with E-state index >= 15 is 0 Å². The Balaban J connectivity index is 1.87. The van der Waals surface area contributed by atoms with Crippen molar-refractivity contribution in [1.82, 2.24) is 4.98 Å². The van der Waals surface area contributed by atoms with Gasteiger partial charge in [-0.15, -0.1) is 0 Å². The molecule has 0 spiro atoms. The van der Waals surface area contributed by atoms with Crippen molar-refractivity contribution >= 4 is 21.9 Å². The van der Waals surface area contributed by atoms with Crippen LogP contribution >= 0.6 is 15.9 Å². The van der Waals surface area contributed by atoms with Gasteiger partial charge in [-0.25, -0.2) is 0 Å². The van der Waals surface area contributed by atoms with Gasteiger partial charge in [-0.2, -0.15) is 0 Å². The van der Waals surface area contributed by atoms with Gasteiger partial charge in [0, 0.05) is 16.6 Å². The molecule has 0 saturated heterocycles. The van der Waals surface area contributed by atoms with Gasteiger partial charge in [-0.1, -0.05) is 58.4 Å². The first-order valence-electron chi connectivity index (χ1n) is 9.50. The number of benzene rings is 2. The second kappa shape index (κ2) is 6.63. The molecule has 3 N–H and O–H groups in total. The van der Waals surface area contributed by atoms with Crippen LogP contribution in [0.2, 0.25) is 0 Å². The standard InChI is InChI=1S/C23H18BrNO5/c24-15-10-8-14(9-11-15)23-18(13-5-2-1-3-6-13)17(21(27)28)20(26)22(23,29)19-16(30-23)7-4-12-25-19/h1-12,17-18,20,26,29H,(H,27,28)/t17-,18-,20-,22+,23+/m1/s1. The van der Waals surface area contributed by atoms with Crippen LogP contribution in [0.1, 0.15) is 22.7 Å². The van der Waals surface area contributed by atoms with Gasteiger partial charge < -0.3 is 20.1 Å². The highest BCUT2D eigenvalue weighted by Gasteiger charge is 2.78. The number of carboxylic acid groups (broad SMARTS) is 1. The number of aliphatic hydroxyl groups is 2. The van der Waals surface area contributed by atoms with E-state index < -0.39 is 35.1 Å². The average Bonchev–Trinajstić information content (AvgIpc) is 3.13. The number of fused-ring (bicyclic) bond motifs is 3. The van der Waals surface area contributed by atoms with Crippen LogP contribution in [0.25, 0.3) is 0 Å². The highest BCUT2D eigenvalue weighted by molar-refractivity contribution is 9.10. The molecule has 152 valence electrons. The van der Waals surface area contributed by atoms with Crippen molar-refractivity contribution in [2.75, 3.05) is 0 Å². The molecule has 5 rings (SSSR count). The van der Waals surface area contributed by atoms with Crippen LogP contribution in [0, 0.1) is 5.92 Å². The van der Waals surface area contributed by atoms with Gasteiger partial charge in [0.15, 0.2) is 11.2 Å². The maximum atomic E-state index is 12.4. The van der Waals surface area contributed by atoms with E-state index in [4.69, 9.17) is 4.74 Å². The molecule has 2 aromatic carbocycles. The Hall–Kier alpha value is -2.74. The zero-order valence-electron chi connectivity index (χ0n) is 15.6. The Bertz CT molecular complexity index is 1120. The minimum atomic E-state index is -2.05. The molecule has 0 radical (unpaired) electrons. The van der Waals surface area contributed by atoms with Crippen LogP contribution in [-0.2, 0) is 16.0 Å². The zero-order valence-corrected chi connectivity index (χ0v) is 17.2. The number of aromatic nitrogens is 1. The molecule has 1 aliphatic heterocycles. The Morgan fingerprint density at radius 1 is 1.03 bits per heavy atom. The number of carbonyl (C=O) groups is 1. The number of ether oxygens (including phenoxy) is 1. The van der Waals surface area contributed by atoms with E-state index in [1.807, 2.05) is 6.07 Å². The summed E-state index contributed by atoms with van der Waals surface area (Å²) < 4.78 is 7.24. The summed E-state index contributed by atoms with van der Waals surface area (Å²) >= 11 is 3.41. The number of carboxylic acids is 1. The van der Waals surface area contributed by atoms with E-state index in [1.165, 1.54) is 6.20 Å². The predicted octanol–water partition coefficient (Wildman–Crippen LogP) is 3.18. The summed E-state index contributed by atoms with van der Waals surface area (Å²) in [5, 5.41) is 33.4. The largest absolute Gasteiger partial charge is 0.481 e. The number of pyridine rings is 1. The van der Waals surface area contributed by atoms with Crippen molar-refractivity contribution in [2.45, 2.75) is 23.2 Å². The third-order valence-electron chi connectivity index (χ3n) is 6.25. The molecule has 0 bridgehead atoms. The predicted molar refractivity (Wildman–Crippen MR) is 111 cm³/mol. The quantitative estimate of drug-likeness (QED) is 0.546. The number of hydrogen-bond donors (Lipinski definition) is 3. The first kappa shape index (κ1) is 19.2. The third kappa shape index (κ3) is 2.31. The average molecular weight is 468 g/mol. The van der Waals surface area contributed by atoms with Crippen molar-refractivity contribution in [1.29, 1.82) is 0 Å². The molecule has 1 saturated carbocycles. The lowest BCUT2D eigenvalue weighted by molar-refractivity contribution is -0.160. The van der Waals surface area contributed by atoms with Crippen LogP contribution in [0.15, 0.2) is 77.4 Å². The van der Waals surface area contributed by atoms with Crippen LogP contribution < -0.4 is 4.74 Å². The minimum Gasteiger partial charge on any atom is -0.481 e. The fraction of sp³-hybridized carbons (Fsp3) is 0.217. The van der Waals surface area contributed by atoms with Gasteiger partial charge in [0.25, 0.3) is 0 Å². The van der Waals surface area contributed by atoms with Crippen molar-refractivity contribution in [2.24, 2.45) is 5.92 Å². The van der Waals surface area contributed by atoms with Gasteiger partial charge in [0.1, 0.15) is 17.5 Å². The first-order chi connectivity index (χ1) is 14.4. The van der Waals surface area contributed by atoms with Crippen LogP contribution in [-0.4, -0.2) is 32.4 Å². The van der Waals surface area contributed by atoms with Crippen LogP contribution in [0.3, 0.4) is 0 Å². The SMILES string of the molecule is O=C(O)[C@H]1[C@@H](O)[C@@]2(O)c3ncccc3O[C@@]2(c2ccc(Br)cc2)[C@@H]1c1ccccc1. The van der Waals surface area contributed by atoms with Gasteiger partial charge in [0.2, 0.25) is 0 Å². The van der Waals surface area contributed by atoms with E-state index in [2.05, 4.69) is 20.9 Å². The summed E-state index contributed by atoms with van der Waals surface area (Å²) in [6.45, 7) is 0. The second-order valence-electron chi connectivity index (χ2n) is 7.66. The van der Waals surface area contributed by atoms with Crippen LogP contribution in [0.4, 0.5) is 0 Å². The Kier molecular flexibility index (Phi) is 4.25. The van der Waals surface area contributed by atoms with Crippen LogP contribution in [0.5, 0.6) is 5.75 Å². The Morgan fingerprint density at radius 3 is 2.40 bits per heavy atom. The van der Waals surface area contributed by atoms with Gasteiger partial charge >= 0.3 is 5.97 Å². The second-order valence-corrected chi connectivity index (χ2v) is 8.57. The van der Waals surface area contributed by atoms with E-state index in [0.29, 0.717) is 16.9 Å².